The number of ether oxygens (including phenoxy) is 2. The maximum absolute atomic E-state index is 5.92. The standard InChI is InChI=1S/C13H24N2O2/c1-2-12-10-17-13(8-15(12)4-1)7-14-6-11-3-5-16-9-11/h11-14H,1-10H2. The molecule has 0 saturated carbocycles. The van der Waals surface area contributed by atoms with Gasteiger partial charge in [0, 0.05) is 32.3 Å². The average Bonchev–Trinajstić information content (AvgIpc) is 2.98. The predicted octanol–water partition coefficient (Wildman–Crippen LogP) is 0.476. The van der Waals surface area contributed by atoms with Crippen molar-refractivity contribution in [3.8, 4) is 0 Å². The van der Waals surface area contributed by atoms with E-state index >= 15 is 0 Å². The lowest BCUT2D eigenvalue weighted by Gasteiger charge is -2.35. The number of hydrogen-bond acceptors (Lipinski definition) is 4. The molecule has 0 aromatic carbocycles. The third-order valence-electron chi connectivity index (χ3n) is 4.29. The van der Waals surface area contributed by atoms with Gasteiger partial charge in [0.25, 0.3) is 0 Å². The predicted molar refractivity (Wildman–Crippen MR) is 66.1 cm³/mol. The smallest absolute Gasteiger partial charge is 0.0826 e. The Labute approximate surface area is 104 Å². The lowest BCUT2D eigenvalue weighted by Crippen LogP contribution is -2.49. The molecule has 3 heterocycles. The molecular weight excluding hydrogens is 216 g/mol. The van der Waals surface area contributed by atoms with Gasteiger partial charge in [0.15, 0.2) is 0 Å². The van der Waals surface area contributed by atoms with Crippen LogP contribution in [-0.4, -0.2) is 63.0 Å². The van der Waals surface area contributed by atoms with E-state index in [4.69, 9.17) is 9.47 Å². The largest absolute Gasteiger partial charge is 0.381 e. The molecule has 3 aliphatic heterocycles. The molecule has 3 rings (SSSR count). The number of nitrogens with zero attached hydrogens (tertiary/aromatic N) is 1. The fourth-order valence-electron chi connectivity index (χ4n) is 3.20. The molecule has 4 heteroatoms. The maximum atomic E-state index is 5.92. The van der Waals surface area contributed by atoms with Gasteiger partial charge >= 0.3 is 0 Å². The highest BCUT2D eigenvalue weighted by Gasteiger charge is 2.31. The summed E-state index contributed by atoms with van der Waals surface area (Å²) in [6.07, 6.45) is 4.30. The molecule has 3 aliphatic rings. The van der Waals surface area contributed by atoms with Crippen LogP contribution in [0.25, 0.3) is 0 Å². The summed E-state index contributed by atoms with van der Waals surface area (Å²) >= 11 is 0. The van der Waals surface area contributed by atoms with Gasteiger partial charge in [-0.2, -0.15) is 0 Å². The van der Waals surface area contributed by atoms with Crippen LogP contribution in [-0.2, 0) is 9.47 Å². The molecule has 0 aromatic heterocycles. The van der Waals surface area contributed by atoms with Crippen molar-refractivity contribution in [2.75, 3.05) is 46.0 Å². The van der Waals surface area contributed by atoms with Crippen molar-refractivity contribution in [1.82, 2.24) is 10.2 Å². The molecule has 3 saturated heterocycles. The first-order valence-electron chi connectivity index (χ1n) is 7.06. The highest BCUT2D eigenvalue weighted by molar-refractivity contribution is 4.86. The van der Waals surface area contributed by atoms with Crippen molar-refractivity contribution in [3.63, 3.8) is 0 Å². The van der Waals surface area contributed by atoms with Crippen LogP contribution in [0.15, 0.2) is 0 Å². The monoisotopic (exact) mass is 240 g/mol. The molecule has 0 spiro atoms. The van der Waals surface area contributed by atoms with Crippen molar-refractivity contribution in [2.45, 2.75) is 31.4 Å². The second-order valence-corrected chi connectivity index (χ2v) is 5.63. The molecule has 4 nitrogen and oxygen atoms in total. The van der Waals surface area contributed by atoms with E-state index in [9.17, 15) is 0 Å². The zero-order valence-corrected chi connectivity index (χ0v) is 10.6. The summed E-state index contributed by atoms with van der Waals surface area (Å²) in [4.78, 5) is 2.61. The Hall–Kier alpha value is -0.160. The van der Waals surface area contributed by atoms with Crippen LogP contribution in [0.4, 0.5) is 0 Å². The lowest BCUT2D eigenvalue weighted by molar-refractivity contribution is -0.0471. The molecule has 0 bridgehead atoms. The van der Waals surface area contributed by atoms with Gasteiger partial charge in [-0.15, -0.1) is 0 Å². The zero-order chi connectivity index (χ0) is 11.5. The van der Waals surface area contributed by atoms with Gasteiger partial charge in [0.05, 0.1) is 19.3 Å². The summed E-state index contributed by atoms with van der Waals surface area (Å²) in [5, 5.41) is 3.55. The highest BCUT2D eigenvalue weighted by atomic mass is 16.5. The summed E-state index contributed by atoms with van der Waals surface area (Å²) in [7, 11) is 0. The summed E-state index contributed by atoms with van der Waals surface area (Å²) in [6, 6.07) is 0.717. The Morgan fingerprint density at radius 3 is 3.06 bits per heavy atom. The first-order valence-corrected chi connectivity index (χ1v) is 7.06. The Morgan fingerprint density at radius 1 is 1.18 bits per heavy atom. The fraction of sp³-hybridized carbons (Fsp3) is 1.00. The molecular formula is C13H24N2O2. The molecule has 1 N–H and O–H groups in total. The van der Waals surface area contributed by atoms with Crippen LogP contribution in [0.3, 0.4) is 0 Å². The van der Waals surface area contributed by atoms with Crippen LogP contribution in [0.5, 0.6) is 0 Å². The number of morpholine rings is 1. The maximum Gasteiger partial charge on any atom is 0.0826 e. The van der Waals surface area contributed by atoms with E-state index in [2.05, 4.69) is 10.2 Å². The van der Waals surface area contributed by atoms with Gasteiger partial charge < -0.3 is 14.8 Å². The van der Waals surface area contributed by atoms with E-state index in [1.165, 1.54) is 25.8 Å². The van der Waals surface area contributed by atoms with Gasteiger partial charge in [-0.1, -0.05) is 0 Å². The second kappa shape index (κ2) is 5.65. The minimum Gasteiger partial charge on any atom is -0.381 e. The molecule has 17 heavy (non-hydrogen) atoms. The topological polar surface area (TPSA) is 33.7 Å². The van der Waals surface area contributed by atoms with Crippen LogP contribution in [0.2, 0.25) is 0 Å². The van der Waals surface area contributed by atoms with Gasteiger partial charge in [0.1, 0.15) is 0 Å². The number of nitrogens with one attached hydrogen (secondary N) is 1. The summed E-state index contributed by atoms with van der Waals surface area (Å²) < 4.78 is 11.3. The van der Waals surface area contributed by atoms with Crippen molar-refractivity contribution in [2.24, 2.45) is 5.92 Å². The van der Waals surface area contributed by atoms with E-state index in [1.807, 2.05) is 0 Å². The third kappa shape index (κ3) is 2.99. The molecule has 3 unspecified atom stereocenters. The lowest BCUT2D eigenvalue weighted by atomic mass is 10.1. The van der Waals surface area contributed by atoms with E-state index in [-0.39, 0.29) is 0 Å². The van der Waals surface area contributed by atoms with Crippen molar-refractivity contribution < 1.29 is 9.47 Å². The van der Waals surface area contributed by atoms with E-state index in [1.54, 1.807) is 0 Å². The number of fused-ring (bicyclic) bond motifs is 1. The molecule has 3 atom stereocenters. The van der Waals surface area contributed by atoms with Gasteiger partial charge in [-0.25, -0.2) is 0 Å². The molecule has 98 valence electrons. The summed E-state index contributed by atoms with van der Waals surface area (Å²) in [6.45, 7) is 7.32. The van der Waals surface area contributed by atoms with Gasteiger partial charge in [0.2, 0.25) is 0 Å². The minimum atomic E-state index is 0.395. The van der Waals surface area contributed by atoms with Gasteiger partial charge in [-0.05, 0) is 31.7 Å². The zero-order valence-electron chi connectivity index (χ0n) is 10.6. The first kappa shape index (κ1) is 11.9. The third-order valence-corrected chi connectivity index (χ3v) is 4.29. The summed E-state index contributed by atoms with van der Waals surface area (Å²) in [5.41, 5.74) is 0. The molecule has 0 aliphatic carbocycles. The Morgan fingerprint density at radius 2 is 2.18 bits per heavy atom. The average molecular weight is 240 g/mol. The van der Waals surface area contributed by atoms with E-state index in [0.717, 1.165) is 51.4 Å². The second-order valence-electron chi connectivity index (χ2n) is 5.63. The normalized spacial score (nSPS) is 38.5. The van der Waals surface area contributed by atoms with Crippen LogP contribution >= 0.6 is 0 Å². The van der Waals surface area contributed by atoms with Crippen molar-refractivity contribution in [1.29, 1.82) is 0 Å². The van der Waals surface area contributed by atoms with Crippen LogP contribution in [0, 0.1) is 5.92 Å². The Balaban J connectivity index is 1.34. The molecule has 0 radical (unpaired) electrons. The highest BCUT2D eigenvalue weighted by Crippen LogP contribution is 2.22. The SMILES string of the molecule is C1CC2COC(CNCC3CCOC3)CN2C1. The summed E-state index contributed by atoms with van der Waals surface area (Å²) in [5.74, 6) is 0.720. The van der Waals surface area contributed by atoms with Crippen LogP contribution in [0.1, 0.15) is 19.3 Å². The van der Waals surface area contributed by atoms with E-state index in [0.29, 0.717) is 6.10 Å². The number of rotatable bonds is 4. The van der Waals surface area contributed by atoms with Crippen LogP contribution < -0.4 is 5.32 Å². The van der Waals surface area contributed by atoms with Crippen molar-refractivity contribution >= 4 is 0 Å². The molecule has 3 fully saturated rings. The van der Waals surface area contributed by atoms with E-state index < -0.39 is 0 Å². The Bertz CT molecular complexity index is 244. The van der Waals surface area contributed by atoms with Gasteiger partial charge in [-0.3, -0.25) is 4.90 Å². The minimum absolute atomic E-state index is 0.395. The first-order chi connectivity index (χ1) is 8.42. The molecule has 0 aromatic rings. The van der Waals surface area contributed by atoms with Crippen molar-refractivity contribution in [3.05, 3.63) is 0 Å². The quantitative estimate of drug-likeness (QED) is 0.775. The molecule has 0 amide bonds. The Kier molecular flexibility index (Phi) is 3.96. The fourth-order valence-corrected chi connectivity index (χ4v) is 3.20. The number of hydrogen-bond donors (Lipinski definition) is 1.